The maximum Gasteiger partial charge on any atom is 0.254 e. The number of nitrogens with one attached hydrogen (secondary N) is 4. The monoisotopic (exact) mass is 514 g/mol. The lowest BCUT2D eigenvalue weighted by Crippen LogP contribution is -2.41. The number of rotatable bonds is 8. The number of amides is 2. The predicted molar refractivity (Wildman–Crippen MR) is 143 cm³/mol. The normalized spacial score (nSPS) is 19.3. The van der Waals surface area contributed by atoms with E-state index in [1.165, 1.54) is 17.7 Å². The van der Waals surface area contributed by atoms with Crippen molar-refractivity contribution in [3.05, 3.63) is 27.8 Å². The maximum atomic E-state index is 13.2. The van der Waals surface area contributed by atoms with Crippen LogP contribution in [0.25, 0.3) is 0 Å². The summed E-state index contributed by atoms with van der Waals surface area (Å²) < 4.78 is 1.80. The number of thiocarbonyl (C=S) groups is 1. The summed E-state index contributed by atoms with van der Waals surface area (Å²) >= 11 is 7.18. The Hall–Kier alpha value is -2.46. The van der Waals surface area contributed by atoms with Gasteiger partial charge in [-0.15, -0.1) is 11.3 Å². The molecule has 0 aliphatic heterocycles. The minimum Gasteiger partial charge on any atom is -0.359 e. The van der Waals surface area contributed by atoms with E-state index in [0.29, 0.717) is 40.5 Å². The molecule has 35 heavy (non-hydrogen) atoms. The van der Waals surface area contributed by atoms with Gasteiger partial charge in [-0.05, 0) is 74.6 Å². The number of aryl methyl sites for hydroxylation is 2. The predicted octanol–water partition coefficient (Wildman–Crippen LogP) is 3.94. The van der Waals surface area contributed by atoms with E-state index in [4.69, 9.17) is 12.2 Å². The third kappa shape index (κ3) is 5.69. The lowest BCUT2D eigenvalue weighted by Gasteiger charge is -2.25. The number of carbonyl (C=O) groups excluding carboxylic acids is 2. The Labute approximate surface area is 215 Å². The molecule has 8 nitrogen and oxygen atoms in total. The molecule has 0 bridgehead atoms. The summed E-state index contributed by atoms with van der Waals surface area (Å²) in [5.41, 5.74) is 2.71. The Kier molecular flexibility index (Phi) is 6.85. The van der Waals surface area contributed by atoms with E-state index in [1.54, 1.807) is 16.0 Å². The van der Waals surface area contributed by atoms with Crippen molar-refractivity contribution >= 4 is 51.3 Å². The van der Waals surface area contributed by atoms with Crippen LogP contribution in [0.3, 0.4) is 0 Å². The highest BCUT2D eigenvalue weighted by atomic mass is 32.1. The van der Waals surface area contributed by atoms with Crippen molar-refractivity contribution in [2.75, 3.05) is 17.2 Å². The Morgan fingerprint density at radius 2 is 1.97 bits per heavy atom. The second kappa shape index (κ2) is 9.89. The fourth-order valence-electron chi connectivity index (χ4n) is 4.47. The molecule has 0 spiro atoms. The summed E-state index contributed by atoms with van der Waals surface area (Å²) in [6, 6.07) is 2.13. The Morgan fingerprint density at radius 1 is 1.20 bits per heavy atom. The standard InChI is InChI=1S/C25H34N6O2S2/c1-13(2)18-11-20(31(3)30-18)28-25(34)27-16-8-9-19-17(10-16)21(23(33)26-12-14-4-5-14)24(35-19)29-22(32)15-6-7-15/h11,13-16H,4-10,12H2,1-3H3,(H,26,33)(H,29,32)(H2,27,28,34)/t16-/m0/s1. The Balaban J connectivity index is 1.29. The zero-order valence-electron chi connectivity index (χ0n) is 20.6. The van der Waals surface area contributed by atoms with Gasteiger partial charge in [-0.3, -0.25) is 14.3 Å². The van der Waals surface area contributed by atoms with Crippen LogP contribution in [0.2, 0.25) is 0 Å². The summed E-state index contributed by atoms with van der Waals surface area (Å²) in [6.07, 6.45) is 6.69. The first kappa shape index (κ1) is 24.2. The average Bonchev–Trinajstić information content (AvgIpc) is 3.73. The van der Waals surface area contributed by atoms with Crippen molar-refractivity contribution in [2.24, 2.45) is 18.9 Å². The van der Waals surface area contributed by atoms with Gasteiger partial charge in [-0.1, -0.05) is 13.8 Å². The largest absolute Gasteiger partial charge is 0.359 e. The van der Waals surface area contributed by atoms with Gasteiger partial charge < -0.3 is 21.3 Å². The second-order valence-electron chi connectivity index (χ2n) is 10.4. The van der Waals surface area contributed by atoms with Crippen molar-refractivity contribution in [2.45, 2.75) is 70.8 Å². The molecule has 4 N–H and O–H groups in total. The van der Waals surface area contributed by atoms with E-state index in [1.807, 2.05) is 13.1 Å². The van der Waals surface area contributed by atoms with E-state index in [9.17, 15) is 9.59 Å². The molecule has 0 unspecified atom stereocenters. The summed E-state index contributed by atoms with van der Waals surface area (Å²) in [7, 11) is 1.90. The van der Waals surface area contributed by atoms with Crippen LogP contribution in [0, 0.1) is 11.8 Å². The van der Waals surface area contributed by atoms with E-state index in [0.717, 1.165) is 42.8 Å². The number of fused-ring (bicyclic) bond motifs is 1. The average molecular weight is 515 g/mol. The number of hydrogen-bond acceptors (Lipinski definition) is 5. The quantitative estimate of drug-likeness (QED) is 0.398. The number of hydrogen-bond donors (Lipinski definition) is 4. The molecule has 2 heterocycles. The Bertz CT molecular complexity index is 1150. The minimum atomic E-state index is -0.0713. The third-order valence-electron chi connectivity index (χ3n) is 6.99. The van der Waals surface area contributed by atoms with Gasteiger partial charge in [0, 0.05) is 36.5 Å². The van der Waals surface area contributed by atoms with Crippen molar-refractivity contribution in [3.63, 3.8) is 0 Å². The van der Waals surface area contributed by atoms with Crippen molar-refractivity contribution < 1.29 is 9.59 Å². The van der Waals surface area contributed by atoms with E-state index >= 15 is 0 Å². The zero-order valence-corrected chi connectivity index (χ0v) is 22.2. The molecule has 2 aromatic rings. The van der Waals surface area contributed by atoms with Gasteiger partial charge in [-0.2, -0.15) is 5.10 Å². The molecule has 0 aromatic carbocycles. The first-order valence-electron chi connectivity index (χ1n) is 12.6. The lowest BCUT2D eigenvalue weighted by atomic mass is 9.91. The number of carbonyl (C=O) groups is 2. The van der Waals surface area contributed by atoms with Crippen LogP contribution in [0.4, 0.5) is 10.8 Å². The zero-order chi connectivity index (χ0) is 24.7. The van der Waals surface area contributed by atoms with Gasteiger partial charge in [0.05, 0.1) is 11.3 Å². The summed E-state index contributed by atoms with van der Waals surface area (Å²) in [6.45, 7) is 4.93. The number of thiophene rings is 1. The number of nitrogens with zero attached hydrogens (tertiary/aromatic N) is 2. The molecule has 1 atom stereocenters. The summed E-state index contributed by atoms with van der Waals surface area (Å²) in [4.78, 5) is 26.9. The van der Waals surface area contributed by atoms with Crippen LogP contribution in [-0.4, -0.2) is 39.3 Å². The molecule has 2 amide bonds. The second-order valence-corrected chi connectivity index (χ2v) is 11.9. The van der Waals surface area contributed by atoms with Crippen LogP contribution in [-0.2, 0) is 24.7 Å². The number of aromatic nitrogens is 2. The molecule has 3 aliphatic rings. The highest BCUT2D eigenvalue weighted by Gasteiger charge is 2.34. The molecular weight excluding hydrogens is 480 g/mol. The van der Waals surface area contributed by atoms with Crippen molar-refractivity contribution in [1.82, 2.24) is 20.4 Å². The van der Waals surface area contributed by atoms with Crippen LogP contribution < -0.4 is 21.3 Å². The highest BCUT2D eigenvalue weighted by Crippen LogP contribution is 2.40. The highest BCUT2D eigenvalue weighted by molar-refractivity contribution is 7.80. The third-order valence-corrected chi connectivity index (χ3v) is 8.42. The van der Waals surface area contributed by atoms with E-state index < -0.39 is 0 Å². The van der Waals surface area contributed by atoms with Crippen LogP contribution in [0.5, 0.6) is 0 Å². The van der Waals surface area contributed by atoms with Gasteiger partial charge in [0.1, 0.15) is 10.8 Å². The van der Waals surface area contributed by atoms with Crippen LogP contribution in [0.1, 0.15) is 78.4 Å². The summed E-state index contributed by atoms with van der Waals surface area (Å²) in [5.74, 6) is 1.85. The lowest BCUT2D eigenvalue weighted by molar-refractivity contribution is -0.117. The van der Waals surface area contributed by atoms with E-state index in [2.05, 4.69) is 40.2 Å². The van der Waals surface area contributed by atoms with Crippen molar-refractivity contribution in [1.29, 1.82) is 0 Å². The van der Waals surface area contributed by atoms with Crippen molar-refractivity contribution in [3.8, 4) is 0 Å². The maximum absolute atomic E-state index is 13.2. The van der Waals surface area contributed by atoms with Crippen LogP contribution >= 0.6 is 23.6 Å². The molecule has 10 heteroatoms. The molecular formula is C25H34N6O2S2. The SMILES string of the molecule is CC(C)c1cc(NC(=S)N[C@H]2CCc3sc(NC(=O)C4CC4)c(C(=O)NCC4CC4)c3C2)n(C)n1. The molecule has 0 radical (unpaired) electrons. The summed E-state index contributed by atoms with van der Waals surface area (Å²) in [5, 5.41) is 18.7. The van der Waals surface area contributed by atoms with Gasteiger partial charge in [0.25, 0.3) is 5.91 Å². The number of anilines is 2. The van der Waals surface area contributed by atoms with Gasteiger partial charge in [-0.25, -0.2) is 0 Å². The molecule has 0 saturated heterocycles. The first-order chi connectivity index (χ1) is 16.8. The van der Waals surface area contributed by atoms with E-state index in [-0.39, 0.29) is 23.8 Å². The molecule has 3 aliphatic carbocycles. The van der Waals surface area contributed by atoms with Crippen LogP contribution in [0.15, 0.2) is 6.07 Å². The fraction of sp³-hybridized carbons (Fsp3) is 0.600. The Morgan fingerprint density at radius 3 is 2.63 bits per heavy atom. The van der Waals surface area contributed by atoms with Gasteiger partial charge >= 0.3 is 0 Å². The molecule has 2 fully saturated rings. The smallest absolute Gasteiger partial charge is 0.254 e. The molecule has 188 valence electrons. The topological polar surface area (TPSA) is 100 Å². The van der Waals surface area contributed by atoms with Gasteiger partial charge in [0.2, 0.25) is 5.91 Å². The minimum absolute atomic E-state index is 0.0387. The molecule has 2 saturated carbocycles. The molecule has 5 rings (SSSR count). The van der Waals surface area contributed by atoms with Gasteiger partial charge in [0.15, 0.2) is 5.11 Å². The first-order valence-corrected chi connectivity index (χ1v) is 13.9. The molecule has 2 aromatic heterocycles. The fourth-order valence-corrected chi connectivity index (χ4v) is 5.98.